The van der Waals surface area contributed by atoms with Crippen molar-refractivity contribution in [2.45, 2.75) is 13.5 Å². The molecular formula is C14H13NO4. The molecule has 2 rings (SSSR count). The van der Waals surface area contributed by atoms with Gasteiger partial charge in [-0.3, -0.25) is 4.79 Å². The molecule has 0 aliphatic rings. The van der Waals surface area contributed by atoms with E-state index in [1.807, 2.05) is 30.3 Å². The molecule has 0 spiro atoms. The molecular weight excluding hydrogens is 246 g/mol. The minimum Gasteiger partial charge on any atom is -0.507 e. The summed E-state index contributed by atoms with van der Waals surface area (Å²) in [5.41, 5.74) is 0.0986. The lowest BCUT2D eigenvalue weighted by atomic mass is 10.2. The number of nitrogens with zero attached hydrogens (tertiary/aromatic N) is 1. The van der Waals surface area contributed by atoms with E-state index in [0.717, 1.165) is 5.56 Å². The largest absolute Gasteiger partial charge is 0.507 e. The van der Waals surface area contributed by atoms with Crippen LogP contribution < -0.4 is 5.56 Å². The lowest BCUT2D eigenvalue weighted by Crippen LogP contribution is -2.28. The van der Waals surface area contributed by atoms with Gasteiger partial charge in [-0.15, -0.1) is 0 Å². The molecule has 1 aromatic carbocycles. The maximum atomic E-state index is 12.1. The Labute approximate surface area is 109 Å². The van der Waals surface area contributed by atoms with E-state index >= 15 is 0 Å². The fraction of sp³-hybridized carbons (Fsp3) is 0.143. The Kier molecular flexibility index (Phi) is 3.37. The Morgan fingerprint density at radius 2 is 1.89 bits per heavy atom. The van der Waals surface area contributed by atoms with E-state index in [2.05, 4.69) is 0 Å². The summed E-state index contributed by atoms with van der Waals surface area (Å²) in [6.45, 7) is 1.92. The predicted molar refractivity (Wildman–Crippen MR) is 69.6 cm³/mol. The van der Waals surface area contributed by atoms with Crippen LogP contribution >= 0.6 is 0 Å². The van der Waals surface area contributed by atoms with Gasteiger partial charge in [0, 0.05) is 11.8 Å². The van der Waals surface area contributed by atoms with E-state index in [4.69, 9.17) is 5.11 Å². The maximum Gasteiger partial charge on any atom is 0.345 e. The first-order valence-electron chi connectivity index (χ1n) is 5.71. The molecule has 2 aromatic rings. The predicted octanol–water partition coefficient (Wildman–Crippen LogP) is 1.61. The van der Waals surface area contributed by atoms with Crippen LogP contribution in [0.15, 0.2) is 41.2 Å². The average molecular weight is 259 g/mol. The standard InChI is InChI=1S/C14H13NO4/c1-9-7-11(16)12(14(18)19)13(17)15(9)8-10-5-3-2-4-6-10/h2-7,16H,8H2,1H3,(H,18,19). The van der Waals surface area contributed by atoms with Gasteiger partial charge >= 0.3 is 5.97 Å². The van der Waals surface area contributed by atoms with Crippen LogP contribution in [0, 0.1) is 6.92 Å². The number of aromatic hydroxyl groups is 1. The summed E-state index contributed by atoms with van der Waals surface area (Å²) in [4.78, 5) is 23.1. The van der Waals surface area contributed by atoms with Crippen LogP contribution in [0.25, 0.3) is 0 Å². The number of carboxylic acid groups (broad SMARTS) is 1. The molecule has 1 heterocycles. The number of aromatic nitrogens is 1. The molecule has 0 unspecified atom stereocenters. The zero-order chi connectivity index (χ0) is 14.0. The summed E-state index contributed by atoms with van der Waals surface area (Å²) in [5, 5.41) is 18.5. The highest BCUT2D eigenvalue weighted by Gasteiger charge is 2.18. The second-order valence-electron chi connectivity index (χ2n) is 4.23. The smallest absolute Gasteiger partial charge is 0.345 e. The lowest BCUT2D eigenvalue weighted by molar-refractivity contribution is 0.0691. The van der Waals surface area contributed by atoms with Crippen molar-refractivity contribution in [1.29, 1.82) is 0 Å². The van der Waals surface area contributed by atoms with Crippen LogP contribution in [0.3, 0.4) is 0 Å². The quantitative estimate of drug-likeness (QED) is 0.877. The maximum absolute atomic E-state index is 12.1. The van der Waals surface area contributed by atoms with Crippen molar-refractivity contribution in [1.82, 2.24) is 4.57 Å². The summed E-state index contributed by atoms with van der Waals surface area (Å²) >= 11 is 0. The number of hydrogen-bond acceptors (Lipinski definition) is 3. The molecule has 0 aliphatic heterocycles. The third-order valence-corrected chi connectivity index (χ3v) is 2.88. The second kappa shape index (κ2) is 4.97. The van der Waals surface area contributed by atoms with Crippen molar-refractivity contribution in [3.63, 3.8) is 0 Å². The molecule has 5 heteroatoms. The van der Waals surface area contributed by atoms with Crippen LogP contribution in [-0.2, 0) is 6.54 Å². The molecule has 0 fully saturated rings. The molecule has 5 nitrogen and oxygen atoms in total. The summed E-state index contributed by atoms with van der Waals surface area (Å²) in [6, 6.07) is 10.5. The van der Waals surface area contributed by atoms with E-state index in [9.17, 15) is 14.7 Å². The molecule has 0 radical (unpaired) electrons. The van der Waals surface area contributed by atoms with Crippen LogP contribution in [0.1, 0.15) is 21.6 Å². The third-order valence-electron chi connectivity index (χ3n) is 2.88. The highest BCUT2D eigenvalue weighted by Crippen LogP contribution is 2.15. The number of benzene rings is 1. The lowest BCUT2D eigenvalue weighted by Gasteiger charge is -2.12. The normalized spacial score (nSPS) is 10.4. The molecule has 0 bridgehead atoms. The molecule has 19 heavy (non-hydrogen) atoms. The summed E-state index contributed by atoms with van der Waals surface area (Å²) in [6.07, 6.45) is 0. The number of hydrogen-bond donors (Lipinski definition) is 2. The fourth-order valence-corrected chi connectivity index (χ4v) is 1.92. The molecule has 0 atom stereocenters. The minimum atomic E-state index is -1.43. The number of carbonyl (C=O) groups is 1. The van der Waals surface area contributed by atoms with Gasteiger partial charge < -0.3 is 14.8 Å². The average Bonchev–Trinajstić information content (AvgIpc) is 2.35. The van der Waals surface area contributed by atoms with Gasteiger partial charge in [-0.2, -0.15) is 0 Å². The summed E-state index contributed by atoms with van der Waals surface area (Å²) in [7, 11) is 0. The van der Waals surface area contributed by atoms with Gasteiger partial charge in [0.1, 0.15) is 5.75 Å². The first-order chi connectivity index (χ1) is 9.00. The Bertz CT molecular complexity index is 674. The number of carboxylic acids is 1. The topological polar surface area (TPSA) is 79.5 Å². The molecule has 0 saturated carbocycles. The van der Waals surface area contributed by atoms with Crippen LogP contribution in [0.2, 0.25) is 0 Å². The van der Waals surface area contributed by atoms with Crippen molar-refractivity contribution >= 4 is 5.97 Å². The SMILES string of the molecule is Cc1cc(O)c(C(=O)O)c(=O)n1Cc1ccccc1. The van der Waals surface area contributed by atoms with E-state index in [-0.39, 0.29) is 6.54 Å². The van der Waals surface area contributed by atoms with Gasteiger partial charge in [-0.05, 0) is 12.5 Å². The molecule has 2 N–H and O–H groups in total. The van der Waals surface area contributed by atoms with E-state index in [1.54, 1.807) is 6.92 Å². The van der Waals surface area contributed by atoms with Gasteiger partial charge in [0.15, 0.2) is 5.56 Å². The Morgan fingerprint density at radius 1 is 1.26 bits per heavy atom. The van der Waals surface area contributed by atoms with Gasteiger partial charge in [-0.1, -0.05) is 30.3 Å². The summed E-state index contributed by atoms with van der Waals surface area (Å²) in [5.74, 6) is -1.93. The monoisotopic (exact) mass is 259 g/mol. The zero-order valence-electron chi connectivity index (χ0n) is 10.3. The van der Waals surface area contributed by atoms with Crippen molar-refractivity contribution in [2.75, 3.05) is 0 Å². The van der Waals surface area contributed by atoms with E-state index in [1.165, 1.54) is 10.6 Å². The van der Waals surface area contributed by atoms with Gasteiger partial charge in [0.25, 0.3) is 5.56 Å². The van der Waals surface area contributed by atoms with Crippen molar-refractivity contribution < 1.29 is 15.0 Å². The molecule has 1 aromatic heterocycles. The molecule has 0 aliphatic carbocycles. The first kappa shape index (κ1) is 12.9. The van der Waals surface area contributed by atoms with Crippen LogP contribution in [0.5, 0.6) is 5.75 Å². The number of pyridine rings is 1. The number of rotatable bonds is 3. The molecule has 98 valence electrons. The second-order valence-corrected chi connectivity index (χ2v) is 4.23. The Balaban J connectivity index is 2.55. The van der Waals surface area contributed by atoms with E-state index < -0.39 is 22.8 Å². The Hall–Kier alpha value is -2.56. The minimum absolute atomic E-state index is 0.270. The fourth-order valence-electron chi connectivity index (χ4n) is 1.92. The van der Waals surface area contributed by atoms with Gasteiger partial charge in [-0.25, -0.2) is 4.79 Å². The van der Waals surface area contributed by atoms with E-state index in [0.29, 0.717) is 5.69 Å². The third kappa shape index (κ3) is 2.49. The van der Waals surface area contributed by atoms with Gasteiger partial charge in [0.05, 0.1) is 6.54 Å². The first-order valence-corrected chi connectivity index (χ1v) is 5.71. The van der Waals surface area contributed by atoms with Crippen molar-refractivity contribution in [2.24, 2.45) is 0 Å². The van der Waals surface area contributed by atoms with Crippen molar-refractivity contribution in [3.8, 4) is 5.75 Å². The summed E-state index contributed by atoms with van der Waals surface area (Å²) < 4.78 is 1.33. The van der Waals surface area contributed by atoms with Crippen LogP contribution in [-0.4, -0.2) is 20.7 Å². The number of aromatic carboxylic acids is 1. The molecule has 0 amide bonds. The van der Waals surface area contributed by atoms with Crippen LogP contribution in [0.4, 0.5) is 0 Å². The van der Waals surface area contributed by atoms with Gasteiger partial charge in [0.2, 0.25) is 0 Å². The number of aryl methyl sites for hydroxylation is 1. The highest BCUT2D eigenvalue weighted by atomic mass is 16.4. The highest BCUT2D eigenvalue weighted by molar-refractivity contribution is 5.90. The molecule has 0 saturated heterocycles. The Morgan fingerprint density at radius 3 is 2.47 bits per heavy atom. The van der Waals surface area contributed by atoms with Crippen molar-refractivity contribution in [3.05, 3.63) is 63.6 Å². The zero-order valence-corrected chi connectivity index (χ0v) is 10.3.